The molecule has 3 rings (SSSR count). The van der Waals surface area contributed by atoms with E-state index in [1.54, 1.807) is 6.20 Å². The summed E-state index contributed by atoms with van der Waals surface area (Å²) in [7, 11) is 0. The third kappa shape index (κ3) is 2.47. The Labute approximate surface area is 107 Å². The lowest BCUT2D eigenvalue weighted by atomic mass is 10.2. The number of amides is 2. The van der Waals surface area contributed by atoms with E-state index in [-0.39, 0.29) is 6.03 Å². The van der Waals surface area contributed by atoms with Crippen LogP contribution in [0.4, 0.5) is 10.5 Å². The van der Waals surface area contributed by atoms with Gasteiger partial charge in [-0.3, -0.25) is 4.98 Å². The lowest BCUT2D eigenvalue weighted by Crippen LogP contribution is -2.36. The van der Waals surface area contributed by atoms with E-state index in [1.807, 2.05) is 0 Å². The van der Waals surface area contributed by atoms with Crippen LogP contribution in [0.25, 0.3) is 0 Å². The zero-order valence-corrected chi connectivity index (χ0v) is 10.5. The van der Waals surface area contributed by atoms with Gasteiger partial charge in [0.05, 0.1) is 11.9 Å². The molecule has 0 unspecified atom stereocenters. The van der Waals surface area contributed by atoms with Gasteiger partial charge in [-0.15, -0.1) is 0 Å². The first-order chi connectivity index (χ1) is 8.81. The predicted octanol–water partition coefficient (Wildman–Crippen LogP) is 2.63. The fraction of sp³-hybridized carbons (Fsp3) is 0.571. The molecule has 1 fully saturated rings. The first kappa shape index (κ1) is 11.5. The van der Waals surface area contributed by atoms with Gasteiger partial charge in [0.2, 0.25) is 0 Å². The average molecular weight is 245 g/mol. The van der Waals surface area contributed by atoms with Gasteiger partial charge in [0.25, 0.3) is 0 Å². The average Bonchev–Trinajstić information content (AvgIpc) is 2.98. The monoisotopic (exact) mass is 245 g/mol. The number of hydrogen-bond donors (Lipinski definition) is 2. The summed E-state index contributed by atoms with van der Waals surface area (Å²) in [5, 5.41) is 5.90. The van der Waals surface area contributed by atoms with E-state index in [1.165, 1.54) is 30.5 Å². The molecule has 1 heterocycles. The first-order valence-corrected chi connectivity index (χ1v) is 6.86. The number of nitrogens with one attached hydrogen (secondary N) is 2. The molecule has 1 aromatic heterocycles. The van der Waals surface area contributed by atoms with E-state index in [9.17, 15) is 4.79 Å². The van der Waals surface area contributed by atoms with Crippen LogP contribution in [0, 0.1) is 0 Å². The van der Waals surface area contributed by atoms with Crippen LogP contribution in [0.2, 0.25) is 0 Å². The van der Waals surface area contributed by atoms with Crippen molar-refractivity contribution in [3.63, 3.8) is 0 Å². The van der Waals surface area contributed by atoms with E-state index in [0.717, 1.165) is 31.4 Å². The zero-order chi connectivity index (χ0) is 12.4. The van der Waals surface area contributed by atoms with E-state index in [2.05, 4.69) is 21.7 Å². The van der Waals surface area contributed by atoms with Crippen LogP contribution < -0.4 is 10.6 Å². The zero-order valence-electron chi connectivity index (χ0n) is 10.5. The maximum Gasteiger partial charge on any atom is 0.319 e. The van der Waals surface area contributed by atoms with Crippen molar-refractivity contribution in [3.05, 3.63) is 23.5 Å². The first-order valence-electron chi connectivity index (χ1n) is 6.86. The van der Waals surface area contributed by atoms with Crippen molar-refractivity contribution in [3.8, 4) is 0 Å². The molecule has 4 nitrogen and oxygen atoms in total. The smallest absolute Gasteiger partial charge is 0.319 e. The number of anilines is 1. The fourth-order valence-corrected chi connectivity index (χ4v) is 2.92. The molecule has 0 saturated heterocycles. The van der Waals surface area contributed by atoms with Crippen molar-refractivity contribution < 1.29 is 4.79 Å². The largest absolute Gasteiger partial charge is 0.335 e. The van der Waals surface area contributed by atoms with Crippen LogP contribution in [-0.4, -0.2) is 17.1 Å². The topological polar surface area (TPSA) is 54.0 Å². The molecular weight excluding hydrogens is 226 g/mol. The van der Waals surface area contributed by atoms with E-state index in [4.69, 9.17) is 0 Å². The highest BCUT2D eigenvalue weighted by molar-refractivity contribution is 5.89. The molecule has 0 bridgehead atoms. The summed E-state index contributed by atoms with van der Waals surface area (Å²) in [6.45, 7) is 0. The standard InChI is InChI=1S/C14H19N3O/c18-14(16-11-5-1-2-6-11)17-12-8-10-4-3-7-13(10)15-9-12/h8-9,11H,1-7H2,(H2,16,17,18). The van der Waals surface area contributed by atoms with E-state index < -0.39 is 0 Å². The van der Waals surface area contributed by atoms with Crippen LogP contribution in [0.15, 0.2) is 12.3 Å². The molecule has 1 saturated carbocycles. The van der Waals surface area contributed by atoms with Gasteiger partial charge < -0.3 is 10.6 Å². The Balaban J connectivity index is 1.60. The number of carbonyl (C=O) groups is 1. The number of aryl methyl sites for hydroxylation is 2. The summed E-state index contributed by atoms with van der Waals surface area (Å²) in [6.07, 6.45) is 9.77. The second-order valence-electron chi connectivity index (χ2n) is 5.26. The summed E-state index contributed by atoms with van der Waals surface area (Å²) in [4.78, 5) is 16.2. The second-order valence-corrected chi connectivity index (χ2v) is 5.26. The van der Waals surface area contributed by atoms with E-state index in [0.29, 0.717) is 6.04 Å². The maximum atomic E-state index is 11.8. The SMILES string of the molecule is O=C(Nc1cnc2c(c1)CCC2)NC1CCCC1. The van der Waals surface area contributed by atoms with Crippen molar-refractivity contribution in [1.82, 2.24) is 10.3 Å². The number of pyridine rings is 1. The quantitative estimate of drug-likeness (QED) is 0.841. The molecule has 0 aliphatic heterocycles. The number of fused-ring (bicyclic) bond motifs is 1. The summed E-state index contributed by atoms with van der Waals surface area (Å²) in [5.41, 5.74) is 3.29. The van der Waals surface area contributed by atoms with Crippen molar-refractivity contribution >= 4 is 11.7 Å². The minimum atomic E-state index is -0.0957. The Kier molecular flexibility index (Phi) is 3.17. The summed E-state index contributed by atoms with van der Waals surface area (Å²) < 4.78 is 0. The highest BCUT2D eigenvalue weighted by Gasteiger charge is 2.18. The number of rotatable bonds is 2. The Hall–Kier alpha value is -1.58. The molecule has 0 radical (unpaired) electrons. The van der Waals surface area contributed by atoms with Crippen molar-refractivity contribution in [1.29, 1.82) is 0 Å². The number of aromatic nitrogens is 1. The summed E-state index contributed by atoms with van der Waals surface area (Å²) >= 11 is 0. The number of urea groups is 1. The van der Waals surface area contributed by atoms with Gasteiger partial charge in [-0.05, 0) is 43.7 Å². The highest BCUT2D eigenvalue weighted by Crippen LogP contribution is 2.22. The van der Waals surface area contributed by atoms with Crippen LogP contribution in [0.5, 0.6) is 0 Å². The van der Waals surface area contributed by atoms with Crippen molar-refractivity contribution in [2.75, 3.05) is 5.32 Å². The van der Waals surface area contributed by atoms with Crippen LogP contribution in [0.3, 0.4) is 0 Å². The van der Waals surface area contributed by atoms with Crippen LogP contribution in [-0.2, 0) is 12.8 Å². The van der Waals surface area contributed by atoms with Gasteiger partial charge in [-0.25, -0.2) is 4.79 Å². The van der Waals surface area contributed by atoms with Crippen molar-refractivity contribution in [2.45, 2.75) is 51.0 Å². The van der Waals surface area contributed by atoms with Crippen LogP contribution in [0.1, 0.15) is 43.4 Å². The van der Waals surface area contributed by atoms with Crippen molar-refractivity contribution in [2.24, 2.45) is 0 Å². The lowest BCUT2D eigenvalue weighted by molar-refractivity contribution is 0.248. The molecule has 2 N–H and O–H groups in total. The molecule has 0 atom stereocenters. The highest BCUT2D eigenvalue weighted by atomic mass is 16.2. The Bertz CT molecular complexity index is 452. The molecule has 2 aliphatic carbocycles. The third-order valence-electron chi connectivity index (χ3n) is 3.87. The summed E-state index contributed by atoms with van der Waals surface area (Å²) in [6, 6.07) is 2.32. The molecule has 96 valence electrons. The predicted molar refractivity (Wildman–Crippen MR) is 70.7 cm³/mol. The molecule has 1 aromatic rings. The Morgan fingerprint density at radius 3 is 2.89 bits per heavy atom. The van der Waals surface area contributed by atoms with Gasteiger partial charge >= 0.3 is 6.03 Å². The van der Waals surface area contributed by atoms with Gasteiger partial charge in [0, 0.05) is 11.7 Å². The third-order valence-corrected chi connectivity index (χ3v) is 3.87. The molecule has 18 heavy (non-hydrogen) atoms. The Morgan fingerprint density at radius 1 is 1.22 bits per heavy atom. The second kappa shape index (κ2) is 4.96. The molecule has 0 spiro atoms. The fourth-order valence-electron chi connectivity index (χ4n) is 2.92. The number of hydrogen-bond acceptors (Lipinski definition) is 2. The lowest BCUT2D eigenvalue weighted by Gasteiger charge is -2.13. The molecule has 2 amide bonds. The van der Waals surface area contributed by atoms with Gasteiger partial charge in [-0.1, -0.05) is 12.8 Å². The minimum Gasteiger partial charge on any atom is -0.335 e. The maximum absolute atomic E-state index is 11.8. The van der Waals surface area contributed by atoms with E-state index >= 15 is 0 Å². The molecule has 4 heteroatoms. The molecule has 0 aromatic carbocycles. The van der Waals surface area contributed by atoms with Crippen LogP contribution >= 0.6 is 0 Å². The minimum absolute atomic E-state index is 0.0957. The van der Waals surface area contributed by atoms with Gasteiger partial charge in [0.15, 0.2) is 0 Å². The molecular formula is C14H19N3O. The number of nitrogens with zero attached hydrogens (tertiary/aromatic N) is 1. The Morgan fingerprint density at radius 2 is 2.06 bits per heavy atom. The number of carbonyl (C=O) groups excluding carboxylic acids is 1. The summed E-state index contributed by atoms with van der Waals surface area (Å²) in [5.74, 6) is 0. The van der Waals surface area contributed by atoms with Gasteiger partial charge in [0.1, 0.15) is 0 Å². The van der Waals surface area contributed by atoms with Gasteiger partial charge in [-0.2, -0.15) is 0 Å². The molecule has 2 aliphatic rings. The normalized spacial score (nSPS) is 18.7.